The van der Waals surface area contributed by atoms with Crippen molar-refractivity contribution < 1.29 is 12.6 Å². The van der Waals surface area contributed by atoms with Crippen molar-refractivity contribution in [3.8, 4) is 5.75 Å². The summed E-state index contributed by atoms with van der Waals surface area (Å²) in [6.07, 6.45) is 3.21. The zero-order valence-electron chi connectivity index (χ0n) is 12.6. The Kier molecular flexibility index (Phi) is 4.45. The summed E-state index contributed by atoms with van der Waals surface area (Å²) in [5, 5.41) is 14.5. The van der Waals surface area contributed by atoms with Crippen molar-refractivity contribution in [2.24, 2.45) is 5.14 Å². The van der Waals surface area contributed by atoms with E-state index in [1.807, 2.05) is 35.3 Å². The van der Waals surface area contributed by atoms with Crippen LogP contribution < -0.4 is 14.3 Å². The summed E-state index contributed by atoms with van der Waals surface area (Å²) in [6, 6.07) is 16.4. The van der Waals surface area contributed by atoms with Gasteiger partial charge in [0.15, 0.2) is 0 Å². The van der Waals surface area contributed by atoms with Crippen molar-refractivity contribution in [1.29, 1.82) is 0 Å². The molecule has 0 saturated heterocycles. The highest BCUT2D eigenvalue weighted by Gasteiger charge is 2.10. The lowest BCUT2D eigenvalue weighted by Gasteiger charge is -2.25. The van der Waals surface area contributed by atoms with E-state index in [2.05, 4.69) is 14.4 Å². The van der Waals surface area contributed by atoms with Crippen LogP contribution in [0, 0.1) is 0 Å². The summed E-state index contributed by atoms with van der Waals surface area (Å²) in [4.78, 5) is 0. The van der Waals surface area contributed by atoms with Gasteiger partial charge < -0.3 is 4.18 Å². The van der Waals surface area contributed by atoms with Crippen LogP contribution in [0.3, 0.4) is 0 Å². The molecule has 0 saturated carbocycles. The summed E-state index contributed by atoms with van der Waals surface area (Å²) in [5.41, 5.74) is 1.90. The van der Waals surface area contributed by atoms with E-state index < -0.39 is 10.3 Å². The molecule has 2 aromatic carbocycles. The summed E-state index contributed by atoms with van der Waals surface area (Å²) in [6.45, 7) is 0.526. The van der Waals surface area contributed by atoms with E-state index in [0.29, 0.717) is 6.54 Å². The maximum atomic E-state index is 10.9. The van der Waals surface area contributed by atoms with Crippen molar-refractivity contribution in [2.45, 2.75) is 6.54 Å². The van der Waals surface area contributed by atoms with Crippen LogP contribution in [0.25, 0.3) is 0 Å². The van der Waals surface area contributed by atoms with Crippen LogP contribution in [0.15, 0.2) is 67.3 Å². The van der Waals surface area contributed by atoms with Crippen LogP contribution in [0.4, 0.5) is 5.69 Å². The number of hydrogen-bond acceptors (Lipinski definition) is 6. The molecule has 0 fully saturated rings. The molecule has 0 aliphatic rings. The molecular formula is C15H15N5O3S. The average Bonchev–Trinajstić information content (AvgIpc) is 3.08. The number of aromatic nitrogens is 3. The number of rotatable bonds is 6. The van der Waals surface area contributed by atoms with Gasteiger partial charge in [0, 0.05) is 0 Å². The van der Waals surface area contributed by atoms with Crippen LogP contribution in [-0.2, 0) is 16.8 Å². The van der Waals surface area contributed by atoms with Gasteiger partial charge >= 0.3 is 10.3 Å². The van der Waals surface area contributed by atoms with Gasteiger partial charge in [0.1, 0.15) is 18.4 Å². The predicted octanol–water partition coefficient (Wildman–Crippen LogP) is 1.33. The molecule has 1 aromatic heterocycles. The van der Waals surface area contributed by atoms with Crippen LogP contribution in [0.5, 0.6) is 5.75 Å². The molecule has 1 heterocycles. The largest absolute Gasteiger partial charge is 0.380 e. The molecule has 3 aromatic rings. The Balaban J connectivity index is 1.83. The number of anilines is 1. The summed E-state index contributed by atoms with van der Waals surface area (Å²) in [5.74, 6) is 0.164. The van der Waals surface area contributed by atoms with Gasteiger partial charge in [0.05, 0.1) is 12.2 Å². The van der Waals surface area contributed by atoms with E-state index in [0.717, 1.165) is 11.3 Å². The fourth-order valence-electron chi connectivity index (χ4n) is 2.18. The van der Waals surface area contributed by atoms with Gasteiger partial charge in [-0.15, -0.1) is 10.2 Å². The van der Waals surface area contributed by atoms with Crippen LogP contribution >= 0.6 is 0 Å². The minimum atomic E-state index is -4.02. The monoisotopic (exact) mass is 345 g/mol. The first-order chi connectivity index (χ1) is 11.5. The molecule has 2 N–H and O–H groups in total. The quantitative estimate of drug-likeness (QED) is 0.723. The second-order valence-corrected chi connectivity index (χ2v) is 6.11. The van der Waals surface area contributed by atoms with E-state index in [1.165, 1.54) is 0 Å². The maximum Gasteiger partial charge on any atom is 0.380 e. The fraction of sp³-hybridized carbons (Fsp3) is 0.0667. The van der Waals surface area contributed by atoms with Gasteiger partial charge in [-0.1, -0.05) is 30.3 Å². The van der Waals surface area contributed by atoms with Gasteiger partial charge in [-0.2, -0.15) is 13.6 Å². The van der Waals surface area contributed by atoms with E-state index >= 15 is 0 Å². The molecule has 0 aliphatic heterocycles. The Hall–Kier alpha value is -2.91. The molecule has 0 unspecified atom stereocenters. The third kappa shape index (κ3) is 4.09. The second kappa shape index (κ2) is 6.69. The van der Waals surface area contributed by atoms with Gasteiger partial charge in [-0.05, 0) is 29.8 Å². The predicted molar refractivity (Wildman–Crippen MR) is 88.2 cm³/mol. The minimum absolute atomic E-state index is 0.164. The first-order valence-electron chi connectivity index (χ1n) is 7.00. The number of nitrogens with zero attached hydrogens (tertiary/aromatic N) is 4. The molecule has 0 spiro atoms. The molecule has 24 heavy (non-hydrogen) atoms. The summed E-state index contributed by atoms with van der Waals surface area (Å²) < 4.78 is 28.3. The third-order valence-electron chi connectivity index (χ3n) is 3.21. The Bertz CT molecular complexity index is 881. The smallest absolute Gasteiger partial charge is 0.371 e. The molecule has 0 bridgehead atoms. The first kappa shape index (κ1) is 16.0. The summed E-state index contributed by atoms with van der Waals surface area (Å²) >= 11 is 0. The first-order valence-corrected chi connectivity index (χ1v) is 8.47. The van der Waals surface area contributed by atoms with Crippen molar-refractivity contribution >= 4 is 16.0 Å². The molecule has 0 atom stereocenters. The van der Waals surface area contributed by atoms with Crippen LogP contribution in [0.1, 0.15) is 5.56 Å². The Morgan fingerprint density at radius 3 is 2.21 bits per heavy atom. The SMILES string of the molecule is NS(=O)(=O)Oc1ccc(CN(c2ccccc2)n2cnnc2)cc1. The lowest BCUT2D eigenvalue weighted by molar-refractivity contribution is 0.487. The van der Waals surface area contributed by atoms with Gasteiger partial charge in [0.2, 0.25) is 0 Å². The minimum Gasteiger partial charge on any atom is -0.371 e. The topological polar surface area (TPSA) is 103 Å². The van der Waals surface area contributed by atoms with E-state index in [4.69, 9.17) is 5.14 Å². The highest BCUT2D eigenvalue weighted by atomic mass is 32.2. The number of nitrogens with two attached hydrogens (primary N) is 1. The maximum absolute atomic E-state index is 10.9. The zero-order valence-corrected chi connectivity index (χ0v) is 13.4. The zero-order chi connectivity index (χ0) is 17.0. The molecular weight excluding hydrogens is 330 g/mol. The van der Waals surface area contributed by atoms with Crippen LogP contribution in [0.2, 0.25) is 0 Å². The fourth-order valence-corrected chi connectivity index (χ4v) is 2.56. The average molecular weight is 345 g/mol. The molecule has 8 nitrogen and oxygen atoms in total. The standard InChI is InChI=1S/C15H15N5O3S/c16-24(21,22)23-15-8-6-13(7-9-15)10-20(19-11-17-18-12-19)14-4-2-1-3-5-14/h1-9,11-12H,10H2,(H2,16,21,22). The normalized spacial score (nSPS) is 11.2. The lowest BCUT2D eigenvalue weighted by atomic mass is 10.2. The van der Waals surface area contributed by atoms with Crippen molar-refractivity contribution in [1.82, 2.24) is 14.9 Å². The van der Waals surface area contributed by atoms with Crippen LogP contribution in [-0.4, -0.2) is 23.3 Å². The highest BCUT2D eigenvalue weighted by Crippen LogP contribution is 2.19. The van der Waals surface area contributed by atoms with Gasteiger partial charge in [-0.3, -0.25) is 5.01 Å². The third-order valence-corrected chi connectivity index (χ3v) is 3.63. The number of para-hydroxylation sites is 1. The van der Waals surface area contributed by atoms with Gasteiger partial charge in [-0.25, -0.2) is 4.68 Å². The molecule has 0 aliphatic carbocycles. The molecule has 9 heteroatoms. The Morgan fingerprint density at radius 1 is 1.00 bits per heavy atom. The number of benzene rings is 2. The Morgan fingerprint density at radius 2 is 1.62 bits per heavy atom. The van der Waals surface area contributed by atoms with Gasteiger partial charge in [0.25, 0.3) is 0 Å². The molecule has 124 valence electrons. The van der Waals surface area contributed by atoms with Crippen molar-refractivity contribution in [3.05, 3.63) is 72.8 Å². The number of hydrogen-bond donors (Lipinski definition) is 1. The lowest BCUT2D eigenvalue weighted by Crippen LogP contribution is -2.27. The highest BCUT2D eigenvalue weighted by molar-refractivity contribution is 7.84. The van der Waals surface area contributed by atoms with Crippen molar-refractivity contribution in [2.75, 3.05) is 5.01 Å². The van der Waals surface area contributed by atoms with E-state index in [9.17, 15) is 8.42 Å². The van der Waals surface area contributed by atoms with Crippen molar-refractivity contribution in [3.63, 3.8) is 0 Å². The second-order valence-electron chi connectivity index (χ2n) is 4.96. The molecule has 3 rings (SSSR count). The Labute approximate surface area is 139 Å². The molecule has 0 amide bonds. The van der Waals surface area contributed by atoms with E-state index in [-0.39, 0.29) is 5.75 Å². The molecule has 0 radical (unpaired) electrons. The van der Waals surface area contributed by atoms with E-state index in [1.54, 1.807) is 41.6 Å². The summed E-state index contributed by atoms with van der Waals surface area (Å²) in [7, 11) is -4.02.